The molecule has 1 aliphatic rings. The molecule has 4 heteroatoms. The van der Waals surface area contributed by atoms with Gasteiger partial charge < -0.3 is 4.74 Å². The monoisotopic (exact) mass is 296 g/mol. The summed E-state index contributed by atoms with van der Waals surface area (Å²) in [6.45, 7) is 6.49. The standard InChI is InChI=1S/C17H22F2O2/c1-4-21-17(10-8-16(2,3)9-11-17)15(20)12-6-5-7-13(18)14(12)19/h5-7H,4,8-11H2,1-3H3. The van der Waals surface area contributed by atoms with E-state index in [0.29, 0.717) is 19.4 Å². The molecule has 0 aromatic heterocycles. The molecule has 1 fully saturated rings. The van der Waals surface area contributed by atoms with Gasteiger partial charge in [0.15, 0.2) is 17.4 Å². The molecule has 0 spiro atoms. The summed E-state index contributed by atoms with van der Waals surface area (Å²) >= 11 is 0. The quantitative estimate of drug-likeness (QED) is 0.763. The van der Waals surface area contributed by atoms with Crippen LogP contribution in [-0.2, 0) is 4.74 Å². The Bertz CT molecular complexity index is 528. The summed E-state index contributed by atoms with van der Waals surface area (Å²) in [5.74, 6) is -2.51. The summed E-state index contributed by atoms with van der Waals surface area (Å²) < 4.78 is 33.0. The minimum atomic E-state index is -1.08. The second kappa shape index (κ2) is 5.84. The molecular weight excluding hydrogens is 274 g/mol. The fourth-order valence-electron chi connectivity index (χ4n) is 2.97. The Morgan fingerprint density at radius 2 is 1.81 bits per heavy atom. The van der Waals surface area contributed by atoms with E-state index >= 15 is 0 Å². The Hall–Kier alpha value is -1.29. The zero-order chi connectivity index (χ0) is 15.7. The van der Waals surface area contributed by atoms with Crippen LogP contribution in [-0.4, -0.2) is 18.0 Å². The summed E-state index contributed by atoms with van der Waals surface area (Å²) in [7, 11) is 0. The number of hydrogen-bond acceptors (Lipinski definition) is 2. The summed E-state index contributed by atoms with van der Waals surface area (Å²) in [6.07, 6.45) is 2.75. The van der Waals surface area contributed by atoms with Gasteiger partial charge in [-0.05, 0) is 50.2 Å². The largest absolute Gasteiger partial charge is 0.367 e. The first kappa shape index (κ1) is 16.1. The van der Waals surface area contributed by atoms with Crippen LogP contribution < -0.4 is 0 Å². The summed E-state index contributed by atoms with van der Waals surface area (Å²) in [6, 6.07) is 3.71. The minimum Gasteiger partial charge on any atom is -0.367 e. The van der Waals surface area contributed by atoms with Gasteiger partial charge in [0.25, 0.3) is 0 Å². The van der Waals surface area contributed by atoms with Gasteiger partial charge >= 0.3 is 0 Å². The van der Waals surface area contributed by atoms with E-state index in [4.69, 9.17) is 4.74 Å². The lowest BCUT2D eigenvalue weighted by atomic mass is 9.68. The zero-order valence-corrected chi connectivity index (χ0v) is 12.8. The first-order valence-electron chi connectivity index (χ1n) is 7.44. The van der Waals surface area contributed by atoms with E-state index in [9.17, 15) is 13.6 Å². The highest BCUT2D eigenvalue weighted by Gasteiger charge is 2.45. The Morgan fingerprint density at radius 1 is 1.19 bits per heavy atom. The van der Waals surface area contributed by atoms with Crippen LogP contribution in [0.5, 0.6) is 0 Å². The highest BCUT2D eigenvalue weighted by atomic mass is 19.2. The zero-order valence-electron chi connectivity index (χ0n) is 12.8. The normalized spacial score (nSPS) is 20.2. The predicted molar refractivity (Wildman–Crippen MR) is 77.3 cm³/mol. The molecule has 0 radical (unpaired) electrons. The van der Waals surface area contributed by atoms with Crippen molar-refractivity contribution in [3.8, 4) is 0 Å². The topological polar surface area (TPSA) is 26.3 Å². The third kappa shape index (κ3) is 3.15. The molecule has 2 rings (SSSR count). The molecule has 0 bridgehead atoms. The molecule has 2 nitrogen and oxygen atoms in total. The van der Waals surface area contributed by atoms with Crippen LogP contribution >= 0.6 is 0 Å². The average molecular weight is 296 g/mol. The molecule has 21 heavy (non-hydrogen) atoms. The lowest BCUT2D eigenvalue weighted by Gasteiger charge is -2.42. The SMILES string of the molecule is CCOC1(C(=O)c2cccc(F)c2F)CCC(C)(C)CC1. The van der Waals surface area contributed by atoms with Crippen molar-refractivity contribution in [1.29, 1.82) is 0 Å². The third-order valence-electron chi connectivity index (χ3n) is 4.44. The molecule has 0 amide bonds. The third-order valence-corrected chi connectivity index (χ3v) is 4.44. The van der Waals surface area contributed by atoms with Crippen LogP contribution in [0.3, 0.4) is 0 Å². The highest BCUT2D eigenvalue weighted by molar-refractivity contribution is 6.02. The van der Waals surface area contributed by atoms with Crippen LogP contribution in [0.1, 0.15) is 56.8 Å². The summed E-state index contributed by atoms with van der Waals surface area (Å²) in [4.78, 5) is 12.8. The van der Waals surface area contributed by atoms with Crippen LogP contribution in [0.25, 0.3) is 0 Å². The van der Waals surface area contributed by atoms with Gasteiger partial charge in [0.1, 0.15) is 5.60 Å². The first-order valence-corrected chi connectivity index (χ1v) is 7.44. The van der Waals surface area contributed by atoms with Crippen molar-refractivity contribution in [1.82, 2.24) is 0 Å². The average Bonchev–Trinajstić information content (AvgIpc) is 2.44. The van der Waals surface area contributed by atoms with E-state index in [1.165, 1.54) is 12.1 Å². The summed E-state index contributed by atoms with van der Waals surface area (Å²) in [5.41, 5.74) is -1.07. The van der Waals surface area contributed by atoms with E-state index in [2.05, 4.69) is 13.8 Å². The van der Waals surface area contributed by atoms with Crippen molar-refractivity contribution in [2.24, 2.45) is 5.41 Å². The van der Waals surface area contributed by atoms with Crippen LogP contribution in [0, 0.1) is 17.0 Å². The second-order valence-electron chi connectivity index (χ2n) is 6.52. The molecule has 0 heterocycles. The Kier molecular flexibility index (Phi) is 4.47. The maximum atomic E-state index is 13.9. The van der Waals surface area contributed by atoms with Crippen LogP contribution in [0.15, 0.2) is 18.2 Å². The van der Waals surface area contributed by atoms with Gasteiger partial charge in [-0.25, -0.2) is 8.78 Å². The molecule has 0 N–H and O–H groups in total. The number of rotatable bonds is 4. The molecule has 1 aromatic carbocycles. The second-order valence-corrected chi connectivity index (χ2v) is 6.52. The maximum absolute atomic E-state index is 13.9. The number of benzene rings is 1. The van der Waals surface area contributed by atoms with Gasteiger partial charge in [-0.2, -0.15) is 0 Å². The maximum Gasteiger partial charge on any atom is 0.197 e. The van der Waals surface area contributed by atoms with E-state index in [0.717, 1.165) is 18.9 Å². The van der Waals surface area contributed by atoms with Crippen molar-refractivity contribution < 1.29 is 18.3 Å². The molecule has 116 valence electrons. The lowest BCUT2D eigenvalue weighted by Crippen LogP contribution is -2.46. The number of halogens is 2. The number of carbonyl (C=O) groups is 1. The first-order chi connectivity index (χ1) is 9.81. The van der Waals surface area contributed by atoms with Crippen LogP contribution in [0.4, 0.5) is 8.78 Å². The smallest absolute Gasteiger partial charge is 0.197 e. The molecule has 0 aliphatic heterocycles. The number of ketones is 1. The fraction of sp³-hybridized carbons (Fsp3) is 0.588. The van der Waals surface area contributed by atoms with Gasteiger partial charge in [0, 0.05) is 6.61 Å². The van der Waals surface area contributed by atoms with Crippen molar-refractivity contribution in [3.63, 3.8) is 0 Å². The van der Waals surface area contributed by atoms with Crippen molar-refractivity contribution in [2.45, 2.75) is 52.1 Å². The van der Waals surface area contributed by atoms with Gasteiger partial charge in [0.2, 0.25) is 0 Å². The molecule has 1 saturated carbocycles. The van der Waals surface area contributed by atoms with E-state index in [1.807, 2.05) is 6.92 Å². The summed E-state index contributed by atoms with van der Waals surface area (Å²) in [5, 5.41) is 0. The van der Waals surface area contributed by atoms with Crippen LogP contribution in [0.2, 0.25) is 0 Å². The molecular formula is C17H22F2O2. The number of Topliss-reactive ketones (excluding diaryl/α,β-unsaturated/α-hetero) is 1. The van der Waals surface area contributed by atoms with Crippen molar-refractivity contribution >= 4 is 5.78 Å². The Balaban J connectivity index is 2.34. The predicted octanol–water partition coefficient (Wildman–Crippen LogP) is 4.52. The molecule has 0 atom stereocenters. The molecule has 1 aromatic rings. The van der Waals surface area contributed by atoms with Gasteiger partial charge in [-0.1, -0.05) is 19.9 Å². The number of hydrogen-bond donors (Lipinski definition) is 0. The molecule has 0 saturated heterocycles. The van der Waals surface area contributed by atoms with Crippen molar-refractivity contribution in [2.75, 3.05) is 6.61 Å². The number of ether oxygens (including phenoxy) is 1. The molecule has 1 aliphatic carbocycles. The van der Waals surface area contributed by atoms with Crippen molar-refractivity contribution in [3.05, 3.63) is 35.4 Å². The van der Waals surface area contributed by atoms with Gasteiger partial charge in [-0.3, -0.25) is 4.79 Å². The van der Waals surface area contributed by atoms with E-state index in [-0.39, 0.29) is 11.0 Å². The Labute approximate surface area is 124 Å². The van der Waals surface area contributed by atoms with E-state index < -0.39 is 23.0 Å². The number of carbonyl (C=O) groups excluding carboxylic acids is 1. The fourth-order valence-corrected chi connectivity index (χ4v) is 2.97. The highest BCUT2D eigenvalue weighted by Crippen LogP contribution is 2.43. The minimum absolute atomic E-state index is 0.154. The van der Waals surface area contributed by atoms with Gasteiger partial charge in [0.05, 0.1) is 5.56 Å². The molecule has 0 unspecified atom stereocenters. The Morgan fingerprint density at radius 3 is 2.38 bits per heavy atom. The van der Waals surface area contributed by atoms with Gasteiger partial charge in [-0.15, -0.1) is 0 Å². The lowest BCUT2D eigenvalue weighted by molar-refractivity contribution is -0.0582. The van der Waals surface area contributed by atoms with E-state index in [1.54, 1.807) is 0 Å².